The van der Waals surface area contributed by atoms with Gasteiger partial charge in [-0.05, 0) is 20.8 Å². The van der Waals surface area contributed by atoms with Crippen molar-refractivity contribution in [3.05, 3.63) is 0 Å². The number of carbonyl (C=O) groups excluding carboxylic acids is 1. The monoisotopic (exact) mass is 292 g/mol. The SMILES string of the molecule is CC(=O)Nc1nnc(S(=O)(=O)N(C)C(C)(C)C)s1. The molecule has 0 aliphatic rings. The Kier molecular flexibility index (Phi) is 4.08. The largest absolute Gasteiger partial charge is 0.301 e. The van der Waals surface area contributed by atoms with E-state index >= 15 is 0 Å². The summed E-state index contributed by atoms with van der Waals surface area (Å²) in [5.41, 5.74) is -0.557. The van der Waals surface area contributed by atoms with Crippen molar-refractivity contribution in [2.75, 3.05) is 12.4 Å². The Balaban J connectivity index is 3.07. The van der Waals surface area contributed by atoms with E-state index in [1.165, 1.54) is 18.3 Å². The first-order valence-corrected chi connectivity index (χ1v) is 7.41. The van der Waals surface area contributed by atoms with Crippen molar-refractivity contribution in [1.29, 1.82) is 0 Å². The van der Waals surface area contributed by atoms with E-state index in [2.05, 4.69) is 15.5 Å². The third kappa shape index (κ3) is 3.24. The number of aromatic nitrogens is 2. The van der Waals surface area contributed by atoms with E-state index in [1.54, 1.807) is 20.8 Å². The molecule has 0 atom stereocenters. The highest BCUT2D eigenvalue weighted by molar-refractivity contribution is 7.91. The lowest BCUT2D eigenvalue weighted by molar-refractivity contribution is -0.114. The Labute approximate surface area is 110 Å². The number of rotatable bonds is 3. The molecule has 1 rings (SSSR count). The molecule has 0 saturated carbocycles. The standard InChI is InChI=1S/C9H16N4O3S2/c1-6(14)10-7-11-12-8(17-7)18(15,16)13(5)9(2,3)4/h1-5H3,(H,10,11,14). The van der Waals surface area contributed by atoms with E-state index in [-0.39, 0.29) is 15.4 Å². The number of nitrogens with one attached hydrogen (secondary N) is 1. The maximum Gasteiger partial charge on any atom is 0.272 e. The maximum absolute atomic E-state index is 12.2. The third-order valence-corrected chi connectivity index (χ3v) is 5.52. The number of hydrogen-bond acceptors (Lipinski definition) is 6. The first-order valence-electron chi connectivity index (χ1n) is 5.15. The molecule has 0 saturated heterocycles. The molecule has 1 aromatic rings. The molecule has 7 nitrogen and oxygen atoms in total. The number of anilines is 1. The van der Waals surface area contributed by atoms with Gasteiger partial charge in [0.15, 0.2) is 0 Å². The van der Waals surface area contributed by atoms with Gasteiger partial charge in [-0.3, -0.25) is 4.79 Å². The minimum atomic E-state index is -3.68. The Morgan fingerprint density at radius 1 is 1.33 bits per heavy atom. The van der Waals surface area contributed by atoms with Crippen molar-refractivity contribution in [2.45, 2.75) is 37.6 Å². The lowest BCUT2D eigenvalue weighted by atomic mass is 10.1. The second-order valence-corrected chi connectivity index (χ2v) is 7.82. The fraction of sp³-hybridized carbons (Fsp3) is 0.667. The summed E-state index contributed by atoms with van der Waals surface area (Å²) in [4.78, 5) is 10.8. The molecule has 0 aromatic carbocycles. The van der Waals surface area contributed by atoms with Gasteiger partial charge in [0.1, 0.15) is 0 Å². The number of amides is 1. The lowest BCUT2D eigenvalue weighted by Crippen LogP contribution is -2.42. The molecule has 0 spiro atoms. The summed E-state index contributed by atoms with van der Waals surface area (Å²) in [6, 6.07) is 0. The van der Waals surface area contributed by atoms with Crippen molar-refractivity contribution >= 4 is 32.4 Å². The van der Waals surface area contributed by atoms with Crippen molar-refractivity contribution in [1.82, 2.24) is 14.5 Å². The van der Waals surface area contributed by atoms with Gasteiger partial charge in [-0.2, -0.15) is 4.31 Å². The van der Waals surface area contributed by atoms with E-state index in [1.807, 2.05) is 0 Å². The molecule has 102 valence electrons. The van der Waals surface area contributed by atoms with Crippen molar-refractivity contribution < 1.29 is 13.2 Å². The van der Waals surface area contributed by atoms with Crippen LogP contribution in [-0.4, -0.2) is 41.4 Å². The van der Waals surface area contributed by atoms with Crippen LogP contribution in [0.25, 0.3) is 0 Å². The minimum absolute atomic E-state index is 0.135. The molecular weight excluding hydrogens is 276 g/mol. The molecule has 0 radical (unpaired) electrons. The van der Waals surface area contributed by atoms with Crippen LogP contribution in [-0.2, 0) is 14.8 Å². The second kappa shape index (κ2) is 4.90. The average Bonchev–Trinajstić information content (AvgIpc) is 2.63. The summed E-state index contributed by atoms with van der Waals surface area (Å²) in [6.07, 6.45) is 0. The third-order valence-electron chi connectivity index (χ3n) is 2.22. The van der Waals surface area contributed by atoms with Crippen molar-refractivity contribution in [2.24, 2.45) is 0 Å². The van der Waals surface area contributed by atoms with E-state index in [9.17, 15) is 13.2 Å². The van der Waals surface area contributed by atoms with Gasteiger partial charge < -0.3 is 5.32 Å². The number of sulfonamides is 1. The summed E-state index contributed by atoms with van der Waals surface area (Å²) in [5, 5.41) is 9.79. The molecule has 0 aliphatic heterocycles. The van der Waals surface area contributed by atoms with Crippen LogP contribution in [0.2, 0.25) is 0 Å². The minimum Gasteiger partial charge on any atom is -0.301 e. The van der Waals surface area contributed by atoms with Gasteiger partial charge in [0.05, 0.1) is 0 Å². The summed E-state index contributed by atoms with van der Waals surface area (Å²) < 4.78 is 25.5. The van der Waals surface area contributed by atoms with Crippen LogP contribution < -0.4 is 5.32 Å². The molecule has 1 amide bonds. The highest BCUT2D eigenvalue weighted by Crippen LogP contribution is 2.26. The first-order chi connectivity index (χ1) is 8.05. The van der Waals surface area contributed by atoms with Gasteiger partial charge in [0, 0.05) is 19.5 Å². The van der Waals surface area contributed by atoms with E-state index in [4.69, 9.17) is 0 Å². The summed E-state index contributed by atoms with van der Waals surface area (Å²) in [5.74, 6) is -0.320. The second-order valence-electron chi connectivity index (χ2n) is 4.70. The Morgan fingerprint density at radius 3 is 2.33 bits per heavy atom. The van der Waals surface area contributed by atoms with Gasteiger partial charge in [-0.1, -0.05) is 11.3 Å². The van der Waals surface area contributed by atoms with Gasteiger partial charge in [0.25, 0.3) is 10.0 Å². The van der Waals surface area contributed by atoms with Crippen LogP contribution in [0.15, 0.2) is 4.34 Å². The van der Waals surface area contributed by atoms with E-state index in [0.717, 1.165) is 11.3 Å². The predicted octanol–water partition coefficient (Wildman–Crippen LogP) is 0.915. The van der Waals surface area contributed by atoms with Crippen LogP contribution in [0.4, 0.5) is 5.13 Å². The van der Waals surface area contributed by atoms with Crippen LogP contribution in [0, 0.1) is 0 Å². The van der Waals surface area contributed by atoms with Crippen LogP contribution in [0.1, 0.15) is 27.7 Å². The van der Waals surface area contributed by atoms with Crippen LogP contribution in [0.5, 0.6) is 0 Å². The lowest BCUT2D eigenvalue weighted by Gasteiger charge is -2.29. The normalized spacial score (nSPS) is 12.8. The molecule has 9 heteroatoms. The molecular formula is C9H16N4O3S2. The highest BCUT2D eigenvalue weighted by Gasteiger charge is 2.33. The van der Waals surface area contributed by atoms with E-state index in [0.29, 0.717) is 0 Å². The zero-order chi connectivity index (χ0) is 14.1. The molecule has 1 heterocycles. The Hall–Kier alpha value is -1.06. The Morgan fingerprint density at radius 2 is 1.89 bits per heavy atom. The summed E-state index contributed by atoms with van der Waals surface area (Å²) in [7, 11) is -2.20. The fourth-order valence-corrected chi connectivity index (χ4v) is 3.61. The van der Waals surface area contributed by atoms with E-state index < -0.39 is 15.6 Å². The Bertz CT molecular complexity index is 544. The fourth-order valence-electron chi connectivity index (χ4n) is 0.993. The van der Waals surface area contributed by atoms with Gasteiger partial charge in [0.2, 0.25) is 15.4 Å². The highest BCUT2D eigenvalue weighted by atomic mass is 32.2. The van der Waals surface area contributed by atoms with Gasteiger partial charge >= 0.3 is 0 Å². The quantitative estimate of drug-likeness (QED) is 0.836. The van der Waals surface area contributed by atoms with Crippen LogP contribution >= 0.6 is 11.3 Å². The zero-order valence-electron chi connectivity index (χ0n) is 10.9. The number of hydrogen-bond donors (Lipinski definition) is 1. The first kappa shape index (κ1) is 15.0. The zero-order valence-corrected chi connectivity index (χ0v) is 12.5. The molecule has 18 heavy (non-hydrogen) atoms. The average molecular weight is 292 g/mol. The number of nitrogens with zero attached hydrogens (tertiary/aromatic N) is 3. The molecule has 1 aromatic heterocycles. The van der Waals surface area contributed by atoms with Gasteiger partial charge in [-0.25, -0.2) is 8.42 Å². The smallest absolute Gasteiger partial charge is 0.272 e. The van der Waals surface area contributed by atoms with Gasteiger partial charge in [-0.15, -0.1) is 10.2 Å². The molecule has 0 bridgehead atoms. The predicted molar refractivity (Wildman–Crippen MR) is 68.9 cm³/mol. The topological polar surface area (TPSA) is 92.3 Å². The maximum atomic E-state index is 12.2. The molecule has 0 fully saturated rings. The number of carbonyl (C=O) groups is 1. The molecule has 1 N–H and O–H groups in total. The molecule has 0 aliphatic carbocycles. The van der Waals surface area contributed by atoms with Crippen molar-refractivity contribution in [3.8, 4) is 0 Å². The molecule has 0 unspecified atom stereocenters. The summed E-state index contributed by atoms with van der Waals surface area (Å²) >= 11 is 0.829. The summed E-state index contributed by atoms with van der Waals surface area (Å²) in [6.45, 7) is 6.65. The van der Waals surface area contributed by atoms with Crippen molar-refractivity contribution in [3.63, 3.8) is 0 Å². The van der Waals surface area contributed by atoms with Crippen LogP contribution in [0.3, 0.4) is 0 Å².